The monoisotopic (exact) mass is 536 g/mol. The van der Waals surface area contributed by atoms with Crippen LogP contribution in [0.25, 0.3) is 0 Å². The molecular formula is C30H28N6O4. The van der Waals surface area contributed by atoms with Gasteiger partial charge in [0, 0.05) is 12.3 Å². The van der Waals surface area contributed by atoms with Crippen LogP contribution >= 0.6 is 0 Å². The minimum absolute atomic E-state index is 0.201. The van der Waals surface area contributed by atoms with Crippen molar-refractivity contribution in [1.82, 2.24) is 25.3 Å². The van der Waals surface area contributed by atoms with Crippen LogP contribution in [0.3, 0.4) is 0 Å². The van der Waals surface area contributed by atoms with E-state index in [0.717, 1.165) is 17.1 Å². The van der Waals surface area contributed by atoms with E-state index >= 15 is 0 Å². The smallest absolute Gasteiger partial charge is 0.255 e. The van der Waals surface area contributed by atoms with Crippen LogP contribution in [0.1, 0.15) is 21.6 Å². The second kappa shape index (κ2) is 12.4. The van der Waals surface area contributed by atoms with Crippen LogP contribution in [0.5, 0.6) is 23.0 Å². The van der Waals surface area contributed by atoms with Gasteiger partial charge in [-0.15, -0.1) is 5.10 Å². The van der Waals surface area contributed by atoms with E-state index in [-0.39, 0.29) is 12.5 Å². The van der Waals surface area contributed by atoms with E-state index in [0.29, 0.717) is 40.8 Å². The lowest BCUT2D eigenvalue weighted by Crippen LogP contribution is -2.24. The van der Waals surface area contributed by atoms with Crippen molar-refractivity contribution in [2.45, 2.75) is 13.1 Å². The topological polar surface area (TPSA) is 112 Å². The Morgan fingerprint density at radius 1 is 0.875 bits per heavy atom. The number of methoxy groups -OCH3 is 2. The number of anilines is 2. The largest absolute Gasteiger partial charge is 0.497 e. The second-order valence-corrected chi connectivity index (χ2v) is 8.74. The Balaban J connectivity index is 1.21. The van der Waals surface area contributed by atoms with E-state index in [4.69, 9.17) is 14.2 Å². The average Bonchev–Trinajstić information content (AvgIpc) is 3.44. The molecule has 0 radical (unpaired) electrons. The molecule has 40 heavy (non-hydrogen) atoms. The maximum atomic E-state index is 13.1. The molecule has 0 saturated carbocycles. The Bertz CT molecular complexity index is 1590. The molecular weight excluding hydrogens is 508 g/mol. The van der Waals surface area contributed by atoms with Gasteiger partial charge in [-0.3, -0.25) is 4.79 Å². The van der Waals surface area contributed by atoms with Gasteiger partial charge in [0.15, 0.2) is 0 Å². The van der Waals surface area contributed by atoms with E-state index < -0.39 is 0 Å². The van der Waals surface area contributed by atoms with Crippen LogP contribution in [-0.4, -0.2) is 40.1 Å². The van der Waals surface area contributed by atoms with E-state index in [2.05, 4.69) is 25.9 Å². The fourth-order valence-electron chi connectivity index (χ4n) is 4.01. The Hall–Kier alpha value is -5.38. The lowest BCUT2D eigenvalue weighted by atomic mass is 10.2. The van der Waals surface area contributed by atoms with E-state index in [1.807, 2.05) is 54.6 Å². The number of carbonyl (C=O) groups excluding carboxylic acids is 1. The number of hydrogen-bond donors (Lipinski definition) is 2. The van der Waals surface area contributed by atoms with Gasteiger partial charge in [0.25, 0.3) is 5.91 Å². The molecule has 5 aromatic rings. The van der Waals surface area contributed by atoms with Crippen molar-refractivity contribution in [1.29, 1.82) is 0 Å². The number of amides is 1. The van der Waals surface area contributed by atoms with Crippen LogP contribution in [0.4, 0.5) is 11.5 Å². The highest BCUT2D eigenvalue weighted by molar-refractivity contribution is 5.99. The molecule has 2 heterocycles. The van der Waals surface area contributed by atoms with Gasteiger partial charge in [0.2, 0.25) is 0 Å². The van der Waals surface area contributed by atoms with Crippen molar-refractivity contribution in [2.75, 3.05) is 19.5 Å². The van der Waals surface area contributed by atoms with Gasteiger partial charge < -0.3 is 24.8 Å². The Morgan fingerprint density at radius 2 is 1.73 bits per heavy atom. The first-order valence-corrected chi connectivity index (χ1v) is 12.5. The predicted molar refractivity (Wildman–Crippen MR) is 150 cm³/mol. The number of aromatic nitrogens is 4. The zero-order valence-electron chi connectivity index (χ0n) is 22.1. The minimum Gasteiger partial charge on any atom is -0.497 e. The Labute approximate surface area is 231 Å². The van der Waals surface area contributed by atoms with Gasteiger partial charge in [0.1, 0.15) is 34.5 Å². The van der Waals surface area contributed by atoms with Gasteiger partial charge >= 0.3 is 0 Å². The molecule has 0 bridgehead atoms. The van der Waals surface area contributed by atoms with Crippen molar-refractivity contribution in [3.63, 3.8) is 0 Å². The van der Waals surface area contributed by atoms with Crippen LogP contribution in [0.15, 0.2) is 97.3 Å². The molecule has 0 spiro atoms. The number of para-hydroxylation sites is 1. The standard InChI is InChI=1S/C30H28N6O4/c1-38-24-13-14-28(39-2)27(17-24)33-29-26(12-7-15-31-29)30(37)32-18-22-20-36(35-34-22)19-21-8-6-11-25(16-21)40-23-9-4-3-5-10-23/h3-17,20H,18-19H2,1-2H3,(H,31,33)(H,32,37). The zero-order chi connectivity index (χ0) is 27.7. The molecule has 0 unspecified atom stereocenters. The normalized spacial score (nSPS) is 10.6. The minimum atomic E-state index is -0.308. The Kier molecular flexibility index (Phi) is 8.16. The zero-order valence-corrected chi connectivity index (χ0v) is 22.1. The summed E-state index contributed by atoms with van der Waals surface area (Å²) in [6, 6.07) is 26.2. The number of nitrogens with zero attached hydrogens (tertiary/aromatic N) is 4. The summed E-state index contributed by atoms with van der Waals surface area (Å²) in [5.41, 5.74) is 2.62. The first kappa shape index (κ1) is 26.2. The summed E-state index contributed by atoms with van der Waals surface area (Å²) in [5.74, 6) is 2.82. The highest BCUT2D eigenvalue weighted by Crippen LogP contribution is 2.32. The maximum absolute atomic E-state index is 13.1. The molecule has 202 valence electrons. The van der Waals surface area contributed by atoms with Crippen molar-refractivity contribution >= 4 is 17.4 Å². The number of pyridine rings is 1. The fourth-order valence-corrected chi connectivity index (χ4v) is 4.01. The number of benzene rings is 3. The fraction of sp³-hybridized carbons (Fsp3) is 0.133. The summed E-state index contributed by atoms with van der Waals surface area (Å²) in [6.07, 6.45) is 3.41. The quantitative estimate of drug-likeness (QED) is 0.237. The van der Waals surface area contributed by atoms with Crippen molar-refractivity contribution in [3.8, 4) is 23.0 Å². The molecule has 2 aromatic heterocycles. The second-order valence-electron chi connectivity index (χ2n) is 8.74. The molecule has 5 rings (SSSR count). The van der Waals surface area contributed by atoms with Gasteiger partial charge in [-0.05, 0) is 54.1 Å². The summed E-state index contributed by atoms with van der Waals surface area (Å²) in [7, 11) is 3.15. The van der Waals surface area contributed by atoms with Gasteiger partial charge in [-0.2, -0.15) is 0 Å². The van der Waals surface area contributed by atoms with Gasteiger partial charge in [-0.25, -0.2) is 9.67 Å². The summed E-state index contributed by atoms with van der Waals surface area (Å²) in [5, 5.41) is 14.5. The molecule has 10 heteroatoms. The highest BCUT2D eigenvalue weighted by atomic mass is 16.5. The summed E-state index contributed by atoms with van der Waals surface area (Å²) < 4.78 is 18.4. The van der Waals surface area contributed by atoms with Crippen molar-refractivity contribution in [3.05, 3.63) is 114 Å². The lowest BCUT2D eigenvalue weighted by molar-refractivity contribution is 0.0951. The number of rotatable bonds is 11. The lowest BCUT2D eigenvalue weighted by Gasteiger charge is -2.14. The molecule has 0 atom stereocenters. The molecule has 2 N–H and O–H groups in total. The third-order valence-corrected chi connectivity index (χ3v) is 5.95. The summed E-state index contributed by atoms with van der Waals surface area (Å²) in [6.45, 7) is 0.707. The van der Waals surface area contributed by atoms with Crippen molar-refractivity contribution in [2.24, 2.45) is 0 Å². The number of carbonyl (C=O) groups is 1. The molecule has 0 aliphatic heterocycles. The molecule has 10 nitrogen and oxygen atoms in total. The maximum Gasteiger partial charge on any atom is 0.255 e. The summed E-state index contributed by atoms with van der Waals surface area (Å²) in [4.78, 5) is 17.4. The van der Waals surface area contributed by atoms with Crippen LogP contribution in [0, 0.1) is 0 Å². The molecule has 0 aliphatic carbocycles. The molecule has 1 amide bonds. The molecule has 0 saturated heterocycles. The highest BCUT2D eigenvalue weighted by Gasteiger charge is 2.15. The SMILES string of the molecule is COc1ccc(OC)c(Nc2ncccc2C(=O)NCc2cn(Cc3cccc(Oc4ccccc4)c3)nn2)c1. The van der Waals surface area contributed by atoms with Crippen molar-refractivity contribution < 1.29 is 19.0 Å². The first-order valence-electron chi connectivity index (χ1n) is 12.5. The molecule has 0 fully saturated rings. The third kappa shape index (κ3) is 6.54. The van der Waals surface area contributed by atoms with E-state index in [9.17, 15) is 4.79 Å². The number of ether oxygens (including phenoxy) is 3. The van der Waals surface area contributed by atoms with Crippen LogP contribution < -0.4 is 24.8 Å². The average molecular weight is 537 g/mol. The first-order chi connectivity index (χ1) is 19.6. The number of hydrogen-bond acceptors (Lipinski definition) is 8. The van der Waals surface area contributed by atoms with E-state index in [1.165, 1.54) is 0 Å². The van der Waals surface area contributed by atoms with E-state index in [1.54, 1.807) is 61.6 Å². The molecule has 3 aromatic carbocycles. The van der Waals surface area contributed by atoms with Crippen LogP contribution in [0.2, 0.25) is 0 Å². The third-order valence-electron chi connectivity index (χ3n) is 5.95. The van der Waals surface area contributed by atoms with Gasteiger partial charge in [-0.1, -0.05) is 35.5 Å². The predicted octanol–water partition coefficient (Wildman–Crippen LogP) is 5.20. The van der Waals surface area contributed by atoms with Crippen LogP contribution in [-0.2, 0) is 13.1 Å². The summed E-state index contributed by atoms with van der Waals surface area (Å²) >= 11 is 0. The van der Waals surface area contributed by atoms with Gasteiger partial charge in [0.05, 0.1) is 44.8 Å². The molecule has 0 aliphatic rings. The number of nitrogens with one attached hydrogen (secondary N) is 2. The Morgan fingerprint density at radius 3 is 2.55 bits per heavy atom.